The number of ether oxygens (including phenoxy) is 1. The van der Waals surface area contributed by atoms with E-state index in [-0.39, 0.29) is 5.56 Å². The van der Waals surface area contributed by atoms with Crippen LogP contribution >= 0.6 is 11.3 Å². The Bertz CT molecular complexity index is 1330. The maximum atomic E-state index is 13.3. The average molecular weight is 489 g/mol. The fraction of sp³-hybridized carbons (Fsp3) is 0.478. The van der Waals surface area contributed by atoms with Crippen molar-refractivity contribution in [3.8, 4) is 5.75 Å². The molecular weight excluding hydrogens is 460 g/mol. The number of rotatable bonds is 6. The molecule has 33 heavy (non-hydrogen) atoms. The van der Waals surface area contributed by atoms with Gasteiger partial charge < -0.3 is 4.74 Å². The minimum absolute atomic E-state index is 0.0558. The van der Waals surface area contributed by atoms with Crippen LogP contribution in [0, 0.1) is 0 Å². The topological polar surface area (TPSA) is 84.7 Å². The molecule has 0 N–H and O–H groups in total. The van der Waals surface area contributed by atoms with Gasteiger partial charge >= 0.3 is 0 Å². The highest BCUT2D eigenvalue weighted by Gasteiger charge is 2.34. The van der Waals surface area contributed by atoms with Crippen LogP contribution in [-0.2, 0) is 36.1 Å². The van der Waals surface area contributed by atoms with E-state index in [0.29, 0.717) is 55.8 Å². The number of hydrogen-bond acceptors (Lipinski definition) is 6. The number of nitrogens with zero attached hydrogens (tertiary/aromatic N) is 4. The van der Waals surface area contributed by atoms with E-state index in [2.05, 4.69) is 4.98 Å². The van der Waals surface area contributed by atoms with Crippen molar-refractivity contribution in [3.63, 3.8) is 0 Å². The molecule has 0 bridgehead atoms. The van der Waals surface area contributed by atoms with Gasteiger partial charge in [0.1, 0.15) is 10.6 Å². The van der Waals surface area contributed by atoms with Crippen LogP contribution in [0.2, 0.25) is 0 Å². The number of thiophene rings is 1. The van der Waals surface area contributed by atoms with Gasteiger partial charge in [-0.25, -0.2) is 4.98 Å². The number of piperidine rings is 1. The largest absolute Gasteiger partial charge is 0.496 e. The van der Waals surface area contributed by atoms with Gasteiger partial charge in [-0.3, -0.25) is 9.36 Å². The monoisotopic (exact) mass is 488 g/mol. The van der Waals surface area contributed by atoms with Gasteiger partial charge in [-0.2, -0.15) is 17.0 Å². The molecule has 0 aliphatic carbocycles. The first-order valence-electron chi connectivity index (χ1n) is 11.4. The Kier molecular flexibility index (Phi) is 6.26. The summed E-state index contributed by atoms with van der Waals surface area (Å²) < 4.78 is 36.5. The molecule has 10 heteroatoms. The molecule has 0 atom stereocenters. The fourth-order valence-electron chi connectivity index (χ4n) is 4.76. The molecule has 8 nitrogen and oxygen atoms in total. The Morgan fingerprint density at radius 3 is 2.67 bits per heavy atom. The van der Waals surface area contributed by atoms with Gasteiger partial charge in [0.05, 0.1) is 18.8 Å². The second-order valence-electron chi connectivity index (χ2n) is 8.54. The zero-order chi connectivity index (χ0) is 23.0. The predicted octanol–water partition coefficient (Wildman–Crippen LogP) is 2.80. The van der Waals surface area contributed by atoms with E-state index in [0.717, 1.165) is 41.0 Å². The highest BCUT2D eigenvalue weighted by atomic mass is 32.2. The summed E-state index contributed by atoms with van der Waals surface area (Å²) in [5, 5.41) is 0.646. The van der Waals surface area contributed by atoms with Gasteiger partial charge in [-0.1, -0.05) is 24.6 Å². The predicted molar refractivity (Wildman–Crippen MR) is 129 cm³/mol. The van der Waals surface area contributed by atoms with Crippen molar-refractivity contribution >= 4 is 31.8 Å². The second-order valence-corrected chi connectivity index (χ2v) is 11.6. The van der Waals surface area contributed by atoms with E-state index < -0.39 is 10.2 Å². The Morgan fingerprint density at radius 2 is 1.88 bits per heavy atom. The number of aromatic nitrogens is 2. The Hall–Kier alpha value is -2.27. The Labute approximate surface area is 197 Å². The molecular formula is C23H28N4O4S2. The molecule has 0 spiro atoms. The molecule has 0 unspecified atom stereocenters. The Balaban J connectivity index is 1.40. The van der Waals surface area contributed by atoms with Crippen molar-refractivity contribution in [2.45, 2.75) is 45.2 Å². The summed E-state index contributed by atoms with van der Waals surface area (Å²) in [6.45, 7) is 2.40. The van der Waals surface area contributed by atoms with Crippen molar-refractivity contribution in [1.82, 2.24) is 18.2 Å². The van der Waals surface area contributed by atoms with Crippen LogP contribution < -0.4 is 10.3 Å². The lowest BCUT2D eigenvalue weighted by Crippen LogP contribution is -2.47. The van der Waals surface area contributed by atoms with Crippen LogP contribution in [-0.4, -0.2) is 53.3 Å². The lowest BCUT2D eigenvalue weighted by atomic mass is 10.1. The standard InChI is InChI=1S/C23H28N4O4S2/c1-31-19-8-4-3-7-17(19)9-13-25-16-24-22-21(23(25)28)18-10-14-27(15-20(18)32-22)33(29,30)26-11-5-2-6-12-26/h3-4,7-8,16H,2,5-6,9-15H2,1H3. The summed E-state index contributed by atoms with van der Waals surface area (Å²) in [6, 6.07) is 7.80. The van der Waals surface area contributed by atoms with Gasteiger partial charge in [0, 0.05) is 37.6 Å². The van der Waals surface area contributed by atoms with Gasteiger partial charge in [0.15, 0.2) is 0 Å². The fourth-order valence-corrected chi connectivity index (χ4v) is 7.70. The summed E-state index contributed by atoms with van der Waals surface area (Å²) in [6.07, 6.45) is 5.71. The molecule has 0 saturated carbocycles. The van der Waals surface area contributed by atoms with Crippen molar-refractivity contribution in [2.75, 3.05) is 26.7 Å². The number of methoxy groups -OCH3 is 1. The van der Waals surface area contributed by atoms with Crippen molar-refractivity contribution in [2.24, 2.45) is 0 Å². The molecule has 1 saturated heterocycles. The number of benzene rings is 1. The minimum Gasteiger partial charge on any atom is -0.496 e. The van der Waals surface area contributed by atoms with E-state index in [4.69, 9.17) is 4.74 Å². The lowest BCUT2D eigenvalue weighted by Gasteiger charge is -2.33. The second kappa shape index (κ2) is 9.17. The van der Waals surface area contributed by atoms with Crippen LogP contribution in [0.15, 0.2) is 35.4 Å². The van der Waals surface area contributed by atoms with Crippen LogP contribution in [0.5, 0.6) is 5.75 Å². The third kappa shape index (κ3) is 4.21. The summed E-state index contributed by atoms with van der Waals surface area (Å²) in [7, 11) is -1.83. The van der Waals surface area contributed by atoms with Gasteiger partial charge in [-0.05, 0) is 42.9 Å². The highest BCUT2D eigenvalue weighted by Crippen LogP contribution is 2.34. The summed E-state index contributed by atoms with van der Waals surface area (Å²) >= 11 is 1.44. The van der Waals surface area contributed by atoms with E-state index in [1.54, 1.807) is 26.6 Å². The maximum absolute atomic E-state index is 13.3. The van der Waals surface area contributed by atoms with Crippen LogP contribution in [0.25, 0.3) is 10.2 Å². The molecule has 2 aromatic heterocycles. The highest BCUT2D eigenvalue weighted by molar-refractivity contribution is 7.86. The summed E-state index contributed by atoms with van der Waals surface area (Å²) in [5.74, 6) is 0.808. The molecule has 3 aromatic rings. The first-order chi connectivity index (χ1) is 16.0. The third-order valence-corrected chi connectivity index (χ3v) is 9.68. The Morgan fingerprint density at radius 1 is 1.09 bits per heavy atom. The maximum Gasteiger partial charge on any atom is 0.282 e. The van der Waals surface area contributed by atoms with Gasteiger partial charge in [0.25, 0.3) is 15.8 Å². The third-order valence-electron chi connectivity index (χ3n) is 6.57. The zero-order valence-electron chi connectivity index (χ0n) is 18.7. The molecule has 4 heterocycles. The van der Waals surface area contributed by atoms with E-state index in [1.807, 2.05) is 24.3 Å². The lowest BCUT2D eigenvalue weighted by molar-refractivity contribution is 0.296. The molecule has 5 rings (SSSR count). The number of fused-ring (bicyclic) bond motifs is 3. The molecule has 176 valence electrons. The minimum atomic E-state index is -3.47. The van der Waals surface area contributed by atoms with Crippen molar-refractivity contribution in [3.05, 3.63) is 57.0 Å². The molecule has 0 amide bonds. The number of para-hydroxylation sites is 1. The normalized spacial score (nSPS) is 17.8. The van der Waals surface area contributed by atoms with Crippen LogP contribution in [0.4, 0.5) is 0 Å². The van der Waals surface area contributed by atoms with E-state index in [9.17, 15) is 13.2 Å². The molecule has 2 aliphatic rings. The summed E-state index contributed by atoms with van der Waals surface area (Å²) in [5.41, 5.74) is 1.95. The smallest absolute Gasteiger partial charge is 0.282 e. The van der Waals surface area contributed by atoms with Crippen molar-refractivity contribution < 1.29 is 13.2 Å². The number of hydrogen-bond donors (Lipinski definition) is 0. The molecule has 1 aromatic carbocycles. The van der Waals surface area contributed by atoms with Crippen LogP contribution in [0.3, 0.4) is 0 Å². The van der Waals surface area contributed by atoms with Gasteiger partial charge in [0.2, 0.25) is 0 Å². The molecule has 0 radical (unpaired) electrons. The zero-order valence-corrected chi connectivity index (χ0v) is 20.3. The van der Waals surface area contributed by atoms with Gasteiger partial charge in [-0.15, -0.1) is 11.3 Å². The molecule has 2 aliphatic heterocycles. The SMILES string of the molecule is COc1ccccc1CCn1cnc2sc3c(c2c1=O)CCN(S(=O)(=O)N1CCCCC1)C3. The van der Waals surface area contributed by atoms with Crippen LogP contribution in [0.1, 0.15) is 35.3 Å². The molecule has 1 fully saturated rings. The summed E-state index contributed by atoms with van der Waals surface area (Å²) in [4.78, 5) is 19.5. The van der Waals surface area contributed by atoms with E-state index >= 15 is 0 Å². The average Bonchev–Trinajstić information content (AvgIpc) is 3.23. The number of aryl methyl sites for hydroxylation is 2. The quantitative estimate of drug-likeness (QED) is 0.533. The van der Waals surface area contributed by atoms with Crippen molar-refractivity contribution in [1.29, 1.82) is 0 Å². The van der Waals surface area contributed by atoms with E-state index in [1.165, 1.54) is 11.3 Å². The first kappa shape index (κ1) is 22.5. The first-order valence-corrected chi connectivity index (χ1v) is 13.6.